The monoisotopic (exact) mass is 346 g/mol. The van der Waals surface area contributed by atoms with E-state index < -0.39 is 0 Å². The molecule has 3 heterocycles. The summed E-state index contributed by atoms with van der Waals surface area (Å²) in [5.41, 5.74) is 3.02. The molecule has 0 spiro atoms. The van der Waals surface area contributed by atoms with Gasteiger partial charge >= 0.3 is 0 Å². The first-order valence-electron chi connectivity index (χ1n) is 7.27. The highest BCUT2D eigenvalue weighted by Gasteiger charge is 2.15. The Labute approximate surface area is 133 Å². The van der Waals surface area contributed by atoms with Gasteiger partial charge in [-0.3, -0.25) is 0 Å². The number of fused-ring (bicyclic) bond motifs is 1. The number of hydrogen-bond donors (Lipinski definition) is 0. The molecule has 3 rings (SSSR count). The lowest BCUT2D eigenvalue weighted by atomic mass is 10.1. The van der Waals surface area contributed by atoms with Crippen molar-refractivity contribution in [2.24, 2.45) is 5.92 Å². The van der Waals surface area contributed by atoms with E-state index in [1.54, 1.807) is 6.20 Å². The summed E-state index contributed by atoms with van der Waals surface area (Å²) in [7, 11) is 0. The molecule has 2 aromatic heterocycles. The van der Waals surface area contributed by atoms with Gasteiger partial charge in [0.1, 0.15) is 10.3 Å². The van der Waals surface area contributed by atoms with Crippen LogP contribution in [0.5, 0.6) is 0 Å². The molecule has 0 saturated carbocycles. The fraction of sp³-hybridized carbons (Fsp3) is 0.375. The molecule has 0 fully saturated rings. The molecule has 0 aliphatic carbocycles. The topological polar surface area (TPSA) is 33.4 Å². The normalized spacial score (nSPS) is 15.0. The quantitative estimate of drug-likeness (QED) is 0.845. The van der Waals surface area contributed by atoms with Gasteiger partial charge in [-0.25, -0.2) is 9.50 Å². The summed E-state index contributed by atoms with van der Waals surface area (Å²) in [6.07, 6.45) is 9.40. The van der Waals surface area contributed by atoms with Crippen molar-refractivity contribution in [2.45, 2.75) is 20.3 Å². The fourth-order valence-electron chi connectivity index (χ4n) is 2.41. The molecule has 0 unspecified atom stereocenters. The molecule has 4 nitrogen and oxygen atoms in total. The Bertz CT molecular complexity index is 699. The largest absolute Gasteiger partial charge is 0.366 e. The zero-order valence-corrected chi connectivity index (χ0v) is 13.9. The molecule has 0 aromatic carbocycles. The van der Waals surface area contributed by atoms with Crippen molar-refractivity contribution in [3.63, 3.8) is 0 Å². The van der Waals surface area contributed by atoms with Crippen molar-refractivity contribution < 1.29 is 0 Å². The van der Waals surface area contributed by atoms with Crippen LogP contribution in [0, 0.1) is 5.92 Å². The molecule has 0 bridgehead atoms. The number of hydrogen-bond acceptors (Lipinski definition) is 3. The van der Waals surface area contributed by atoms with Gasteiger partial charge in [0, 0.05) is 13.1 Å². The van der Waals surface area contributed by atoms with Crippen LogP contribution in [0.2, 0.25) is 0 Å². The van der Waals surface area contributed by atoms with E-state index in [1.807, 2.05) is 16.6 Å². The molecular formula is C16H19BrN4. The Morgan fingerprint density at radius 3 is 3.00 bits per heavy atom. The van der Waals surface area contributed by atoms with Gasteiger partial charge < -0.3 is 4.90 Å². The average Bonchev–Trinajstić information content (AvgIpc) is 2.86. The number of halogens is 1. The number of rotatable bonds is 4. The van der Waals surface area contributed by atoms with Crippen molar-refractivity contribution in [3.05, 3.63) is 46.9 Å². The Kier molecular flexibility index (Phi) is 4.10. The second-order valence-corrected chi connectivity index (χ2v) is 6.49. The average molecular weight is 347 g/mol. The standard InChI is InChI=1S/C16H19BrN4/c1-12(2)8-10-20-9-4-3-5-14(20)13-6-7-16-18-11-15(17)21(16)19-13/h3-7,11-12H,8-10H2,1-2H3. The Morgan fingerprint density at radius 2 is 2.19 bits per heavy atom. The molecule has 21 heavy (non-hydrogen) atoms. The third kappa shape index (κ3) is 3.02. The molecule has 2 aromatic rings. The van der Waals surface area contributed by atoms with E-state index >= 15 is 0 Å². The Balaban J connectivity index is 1.92. The first kappa shape index (κ1) is 14.3. The van der Waals surface area contributed by atoms with E-state index in [2.05, 4.69) is 57.9 Å². The molecule has 0 N–H and O–H groups in total. The molecule has 110 valence electrons. The van der Waals surface area contributed by atoms with Crippen LogP contribution in [-0.4, -0.2) is 32.6 Å². The van der Waals surface area contributed by atoms with Crippen LogP contribution in [0.1, 0.15) is 26.0 Å². The second kappa shape index (κ2) is 6.02. The number of nitrogens with zero attached hydrogens (tertiary/aromatic N) is 4. The van der Waals surface area contributed by atoms with E-state index in [0.29, 0.717) is 5.92 Å². The molecule has 1 aliphatic heterocycles. The first-order chi connectivity index (χ1) is 10.1. The van der Waals surface area contributed by atoms with Gasteiger partial charge in [0.2, 0.25) is 0 Å². The van der Waals surface area contributed by atoms with Gasteiger partial charge in [-0.1, -0.05) is 26.0 Å². The van der Waals surface area contributed by atoms with Crippen molar-refractivity contribution >= 4 is 27.3 Å². The summed E-state index contributed by atoms with van der Waals surface area (Å²) in [5, 5.41) is 4.70. The van der Waals surface area contributed by atoms with Gasteiger partial charge in [0.25, 0.3) is 0 Å². The molecule has 1 aliphatic rings. The van der Waals surface area contributed by atoms with Crippen LogP contribution in [0.3, 0.4) is 0 Å². The van der Waals surface area contributed by atoms with E-state index in [4.69, 9.17) is 5.10 Å². The van der Waals surface area contributed by atoms with Crippen molar-refractivity contribution in [2.75, 3.05) is 13.1 Å². The zero-order chi connectivity index (χ0) is 14.8. The van der Waals surface area contributed by atoms with Gasteiger partial charge in [0.15, 0.2) is 5.65 Å². The molecule has 5 heteroatoms. The molecule has 0 radical (unpaired) electrons. The van der Waals surface area contributed by atoms with E-state index in [0.717, 1.165) is 29.0 Å². The van der Waals surface area contributed by atoms with Crippen molar-refractivity contribution in [1.29, 1.82) is 0 Å². The van der Waals surface area contributed by atoms with Crippen LogP contribution >= 0.6 is 15.9 Å². The van der Waals surface area contributed by atoms with Crippen LogP contribution in [0.15, 0.2) is 41.2 Å². The summed E-state index contributed by atoms with van der Waals surface area (Å²) >= 11 is 3.48. The SMILES string of the molecule is CC(C)CCN1CC=CC=C1c1ccc2ncc(Br)n2n1. The second-order valence-electron chi connectivity index (χ2n) is 5.68. The highest BCUT2D eigenvalue weighted by atomic mass is 79.9. The molecule has 0 amide bonds. The summed E-state index contributed by atoms with van der Waals surface area (Å²) in [5.74, 6) is 0.704. The van der Waals surface area contributed by atoms with E-state index in [1.165, 1.54) is 12.1 Å². The summed E-state index contributed by atoms with van der Waals surface area (Å²) < 4.78 is 2.70. The van der Waals surface area contributed by atoms with Gasteiger partial charge in [0.05, 0.1) is 11.9 Å². The minimum absolute atomic E-state index is 0.704. The lowest BCUT2D eigenvalue weighted by Crippen LogP contribution is -2.26. The fourth-order valence-corrected chi connectivity index (χ4v) is 2.77. The zero-order valence-electron chi connectivity index (χ0n) is 12.3. The highest BCUT2D eigenvalue weighted by molar-refractivity contribution is 9.10. The van der Waals surface area contributed by atoms with Crippen molar-refractivity contribution in [3.8, 4) is 0 Å². The summed E-state index contributed by atoms with van der Waals surface area (Å²) in [6, 6.07) is 4.05. The highest BCUT2D eigenvalue weighted by Crippen LogP contribution is 2.23. The Morgan fingerprint density at radius 1 is 1.33 bits per heavy atom. The van der Waals surface area contributed by atoms with Crippen molar-refractivity contribution in [1.82, 2.24) is 19.5 Å². The molecule has 0 saturated heterocycles. The van der Waals surface area contributed by atoms with Gasteiger partial charge in [-0.2, -0.15) is 5.10 Å². The van der Waals surface area contributed by atoms with Crippen LogP contribution in [0.25, 0.3) is 11.3 Å². The maximum absolute atomic E-state index is 4.70. The summed E-state index contributed by atoms with van der Waals surface area (Å²) in [6.45, 7) is 6.52. The van der Waals surface area contributed by atoms with Gasteiger partial charge in [-0.15, -0.1) is 0 Å². The lowest BCUT2D eigenvalue weighted by molar-refractivity contribution is 0.388. The maximum atomic E-state index is 4.70. The smallest absolute Gasteiger partial charge is 0.154 e. The number of imidazole rings is 1. The number of aromatic nitrogens is 3. The van der Waals surface area contributed by atoms with Crippen LogP contribution in [-0.2, 0) is 0 Å². The predicted octanol–water partition coefficient (Wildman–Crippen LogP) is 3.75. The van der Waals surface area contributed by atoms with E-state index in [9.17, 15) is 0 Å². The number of allylic oxidation sites excluding steroid dienone is 2. The first-order valence-corrected chi connectivity index (χ1v) is 8.07. The van der Waals surface area contributed by atoms with Crippen LogP contribution in [0.4, 0.5) is 0 Å². The third-order valence-electron chi connectivity index (χ3n) is 3.62. The third-order valence-corrected chi connectivity index (χ3v) is 4.16. The maximum Gasteiger partial charge on any atom is 0.154 e. The lowest BCUT2D eigenvalue weighted by Gasteiger charge is -2.28. The molecule has 0 atom stereocenters. The predicted molar refractivity (Wildman–Crippen MR) is 88.8 cm³/mol. The van der Waals surface area contributed by atoms with Gasteiger partial charge in [-0.05, 0) is 46.5 Å². The minimum Gasteiger partial charge on any atom is -0.366 e. The Hall–Kier alpha value is -1.62. The van der Waals surface area contributed by atoms with Crippen LogP contribution < -0.4 is 0 Å². The molecular weight excluding hydrogens is 328 g/mol. The summed E-state index contributed by atoms with van der Waals surface area (Å²) in [4.78, 5) is 6.68. The minimum atomic E-state index is 0.704. The van der Waals surface area contributed by atoms with E-state index in [-0.39, 0.29) is 0 Å².